The number of carbonyl (C=O) groups is 1. The van der Waals surface area contributed by atoms with Crippen molar-refractivity contribution in [1.82, 2.24) is 29.5 Å². The number of pyridine rings is 1. The summed E-state index contributed by atoms with van der Waals surface area (Å²) in [5.41, 5.74) is 1.85. The first-order valence-electron chi connectivity index (χ1n) is 10.7. The number of thioether (sulfide) groups is 1. The minimum atomic E-state index is -0.0946. The Morgan fingerprint density at radius 3 is 2.56 bits per heavy atom. The largest absolute Gasteiger partial charge is 0.310 e. The van der Waals surface area contributed by atoms with Crippen molar-refractivity contribution < 1.29 is 4.79 Å². The number of benzene rings is 1. The average Bonchev–Trinajstić information content (AvgIpc) is 3.59. The van der Waals surface area contributed by atoms with E-state index in [2.05, 4.69) is 25.6 Å². The lowest BCUT2D eigenvalue weighted by atomic mass is 10.2. The maximum atomic E-state index is 12.7. The van der Waals surface area contributed by atoms with Gasteiger partial charge in [0, 0.05) is 29.7 Å². The minimum Gasteiger partial charge on any atom is -0.310 e. The molecule has 0 bridgehead atoms. The van der Waals surface area contributed by atoms with Gasteiger partial charge in [-0.15, -0.1) is 10.2 Å². The fraction of sp³-hybridized carbons (Fsp3) is 0.261. The van der Waals surface area contributed by atoms with Gasteiger partial charge in [0.25, 0.3) is 0 Å². The number of carbonyl (C=O) groups excluding carboxylic acids is 1. The molecule has 3 heterocycles. The number of nitrogens with one attached hydrogen (secondary N) is 1. The Kier molecular flexibility index (Phi) is 5.98. The maximum Gasteiger partial charge on any atom is 0.235 e. The summed E-state index contributed by atoms with van der Waals surface area (Å²) in [6.45, 7) is 0. The Labute approximate surface area is 190 Å². The first-order chi connectivity index (χ1) is 15.8. The monoisotopic (exact) mass is 445 g/mol. The van der Waals surface area contributed by atoms with Gasteiger partial charge in [-0.05, 0) is 37.1 Å². The number of amides is 1. The Morgan fingerprint density at radius 1 is 1.00 bits per heavy atom. The number of hydrogen-bond acceptors (Lipinski definition) is 6. The van der Waals surface area contributed by atoms with Gasteiger partial charge in [-0.1, -0.05) is 42.8 Å². The van der Waals surface area contributed by atoms with Gasteiger partial charge in [-0.25, -0.2) is 4.68 Å². The fourth-order valence-electron chi connectivity index (χ4n) is 4.02. The van der Waals surface area contributed by atoms with Crippen molar-refractivity contribution in [3.8, 4) is 17.1 Å². The molecule has 3 aromatic heterocycles. The van der Waals surface area contributed by atoms with Gasteiger partial charge in [0.15, 0.2) is 11.0 Å². The maximum absolute atomic E-state index is 12.7. The zero-order valence-electron chi connectivity index (χ0n) is 17.5. The number of hydrogen-bond donors (Lipinski definition) is 1. The summed E-state index contributed by atoms with van der Waals surface area (Å²) in [5, 5.41) is 16.9. The van der Waals surface area contributed by atoms with E-state index in [1.54, 1.807) is 18.6 Å². The van der Waals surface area contributed by atoms with Crippen molar-refractivity contribution in [2.75, 3.05) is 11.1 Å². The number of anilines is 1. The van der Waals surface area contributed by atoms with Gasteiger partial charge in [-0.2, -0.15) is 5.10 Å². The van der Waals surface area contributed by atoms with E-state index in [1.807, 2.05) is 57.8 Å². The fourth-order valence-corrected chi connectivity index (χ4v) is 4.78. The Morgan fingerprint density at radius 2 is 1.78 bits per heavy atom. The van der Waals surface area contributed by atoms with Gasteiger partial charge >= 0.3 is 0 Å². The summed E-state index contributed by atoms with van der Waals surface area (Å²) in [7, 11) is 0. The topological polar surface area (TPSA) is 90.5 Å². The normalized spacial score (nSPS) is 14.0. The van der Waals surface area contributed by atoms with Crippen molar-refractivity contribution in [2.45, 2.75) is 36.9 Å². The zero-order valence-corrected chi connectivity index (χ0v) is 18.3. The Hall–Kier alpha value is -3.46. The molecule has 1 aliphatic carbocycles. The number of rotatable bonds is 7. The molecule has 1 aromatic carbocycles. The molecule has 1 N–H and O–H groups in total. The van der Waals surface area contributed by atoms with Crippen LogP contribution in [0.15, 0.2) is 72.3 Å². The van der Waals surface area contributed by atoms with E-state index in [1.165, 1.54) is 24.6 Å². The molecule has 1 saturated carbocycles. The highest BCUT2D eigenvalue weighted by Crippen LogP contribution is 2.31. The molecule has 1 fully saturated rings. The first-order valence-corrected chi connectivity index (χ1v) is 11.7. The van der Waals surface area contributed by atoms with Crippen LogP contribution in [0.5, 0.6) is 0 Å². The summed E-state index contributed by atoms with van der Waals surface area (Å²) in [4.78, 5) is 16.8. The van der Waals surface area contributed by atoms with Crippen LogP contribution in [0.3, 0.4) is 0 Å². The van der Waals surface area contributed by atoms with E-state index in [-0.39, 0.29) is 11.7 Å². The molecule has 8 nitrogen and oxygen atoms in total. The molecule has 32 heavy (non-hydrogen) atoms. The quantitative estimate of drug-likeness (QED) is 0.425. The van der Waals surface area contributed by atoms with Crippen LogP contribution in [0.2, 0.25) is 0 Å². The molecule has 4 aromatic rings. The summed E-state index contributed by atoms with van der Waals surface area (Å²) >= 11 is 1.36. The van der Waals surface area contributed by atoms with E-state index >= 15 is 0 Å². The molecule has 1 aliphatic rings. The van der Waals surface area contributed by atoms with Gasteiger partial charge in [0.05, 0.1) is 18.0 Å². The molecule has 1 amide bonds. The predicted molar refractivity (Wildman–Crippen MR) is 124 cm³/mol. The molecular formula is C23H23N7OS. The van der Waals surface area contributed by atoms with E-state index < -0.39 is 0 Å². The third kappa shape index (κ3) is 4.29. The van der Waals surface area contributed by atoms with Crippen molar-refractivity contribution in [1.29, 1.82) is 0 Å². The Bertz CT molecular complexity index is 1180. The molecule has 0 radical (unpaired) electrons. The van der Waals surface area contributed by atoms with Crippen LogP contribution >= 0.6 is 11.8 Å². The summed E-state index contributed by atoms with van der Waals surface area (Å²) < 4.78 is 3.92. The van der Waals surface area contributed by atoms with Gasteiger partial charge in [0.1, 0.15) is 5.82 Å². The highest BCUT2D eigenvalue weighted by Gasteiger charge is 2.21. The highest BCUT2D eigenvalue weighted by molar-refractivity contribution is 7.99. The third-order valence-corrected chi connectivity index (χ3v) is 6.46. The van der Waals surface area contributed by atoms with Crippen LogP contribution in [-0.4, -0.2) is 41.2 Å². The highest BCUT2D eigenvalue weighted by atomic mass is 32.2. The summed E-state index contributed by atoms with van der Waals surface area (Å²) in [5.74, 6) is 1.59. The van der Waals surface area contributed by atoms with Crippen LogP contribution < -0.4 is 5.32 Å². The molecule has 0 aliphatic heterocycles. The van der Waals surface area contributed by atoms with Crippen LogP contribution in [0.4, 0.5) is 5.82 Å². The van der Waals surface area contributed by atoms with Crippen LogP contribution in [-0.2, 0) is 4.79 Å². The van der Waals surface area contributed by atoms with Crippen molar-refractivity contribution in [3.05, 3.63) is 67.1 Å². The van der Waals surface area contributed by atoms with E-state index in [4.69, 9.17) is 0 Å². The molecule has 162 valence electrons. The van der Waals surface area contributed by atoms with Crippen LogP contribution in [0, 0.1) is 0 Å². The lowest BCUT2D eigenvalue weighted by Gasteiger charge is -2.14. The molecule has 0 unspecified atom stereocenters. The molecule has 0 saturated heterocycles. The van der Waals surface area contributed by atoms with E-state index in [0.717, 1.165) is 29.9 Å². The molecule has 9 heteroatoms. The second-order valence-electron chi connectivity index (χ2n) is 7.65. The Balaban J connectivity index is 1.34. The third-order valence-electron chi connectivity index (χ3n) is 5.53. The second-order valence-corrected chi connectivity index (χ2v) is 8.59. The lowest BCUT2D eigenvalue weighted by molar-refractivity contribution is -0.113. The van der Waals surface area contributed by atoms with Gasteiger partial charge < -0.3 is 5.32 Å². The predicted octanol–water partition coefficient (Wildman–Crippen LogP) is 4.37. The van der Waals surface area contributed by atoms with Crippen LogP contribution in [0.1, 0.15) is 31.7 Å². The zero-order chi connectivity index (χ0) is 21.8. The van der Waals surface area contributed by atoms with E-state index in [9.17, 15) is 4.79 Å². The second kappa shape index (κ2) is 9.35. The average molecular weight is 446 g/mol. The van der Waals surface area contributed by atoms with Crippen molar-refractivity contribution in [2.24, 2.45) is 0 Å². The smallest absolute Gasteiger partial charge is 0.235 e. The number of nitrogens with zero attached hydrogens (tertiary/aromatic N) is 6. The van der Waals surface area contributed by atoms with Crippen LogP contribution in [0.25, 0.3) is 17.1 Å². The lowest BCUT2D eigenvalue weighted by Crippen LogP contribution is -2.19. The number of para-hydroxylation sites is 1. The minimum absolute atomic E-state index is 0.0946. The molecule has 0 atom stereocenters. The molecule has 5 rings (SSSR count). The SMILES string of the molecule is O=C(CSc1nnc(-c2ccncc2)n1-c1ccccc1)Nc1ccnn1C1CCCC1. The summed E-state index contributed by atoms with van der Waals surface area (Å²) in [6, 6.07) is 15.9. The van der Waals surface area contributed by atoms with Gasteiger partial charge in [0.2, 0.25) is 5.91 Å². The van der Waals surface area contributed by atoms with Crippen molar-refractivity contribution >= 4 is 23.5 Å². The molecular weight excluding hydrogens is 422 g/mol. The molecule has 0 spiro atoms. The van der Waals surface area contributed by atoms with Crippen molar-refractivity contribution in [3.63, 3.8) is 0 Å². The first kappa shape index (κ1) is 20.4. The summed E-state index contributed by atoms with van der Waals surface area (Å²) in [6.07, 6.45) is 9.84. The standard InChI is InChI=1S/C23H23N7OS/c31-21(26-20-12-15-25-30(20)19-8-4-5-9-19)16-32-23-28-27-22(17-10-13-24-14-11-17)29(23)18-6-2-1-3-7-18/h1-3,6-7,10-15,19H,4-5,8-9,16H2,(H,26,31). The van der Waals surface area contributed by atoms with E-state index in [0.29, 0.717) is 17.0 Å². The number of aromatic nitrogens is 6. The van der Waals surface area contributed by atoms with Gasteiger partial charge in [-0.3, -0.25) is 14.3 Å².